The summed E-state index contributed by atoms with van der Waals surface area (Å²) in [7, 11) is 0. The SMILES string of the molecule is C1CNC(C2CCCN(C3CCN(C4CC4)C3)C2)C1. The van der Waals surface area contributed by atoms with E-state index in [-0.39, 0.29) is 0 Å². The van der Waals surface area contributed by atoms with Gasteiger partial charge in [0.05, 0.1) is 0 Å². The Morgan fingerprint density at radius 2 is 1.63 bits per heavy atom. The standard InChI is InChI=1S/C16H29N3/c1-4-16(17-8-1)13-3-2-9-18(11-13)15-7-10-19(12-15)14-5-6-14/h13-17H,1-12H2. The van der Waals surface area contributed by atoms with E-state index in [9.17, 15) is 0 Å². The van der Waals surface area contributed by atoms with Crippen LogP contribution in [0.15, 0.2) is 0 Å². The van der Waals surface area contributed by atoms with Crippen LogP contribution in [0.4, 0.5) is 0 Å². The monoisotopic (exact) mass is 263 g/mol. The minimum Gasteiger partial charge on any atom is -0.314 e. The van der Waals surface area contributed by atoms with Crippen molar-refractivity contribution in [2.24, 2.45) is 5.92 Å². The van der Waals surface area contributed by atoms with E-state index in [1.807, 2.05) is 0 Å². The van der Waals surface area contributed by atoms with Gasteiger partial charge in [0.15, 0.2) is 0 Å². The number of nitrogens with zero attached hydrogens (tertiary/aromatic N) is 2. The van der Waals surface area contributed by atoms with Crippen LogP contribution < -0.4 is 5.32 Å². The molecule has 0 aromatic heterocycles. The van der Waals surface area contributed by atoms with Gasteiger partial charge in [0.1, 0.15) is 0 Å². The Bertz CT molecular complexity index is 309. The zero-order chi connectivity index (χ0) is 12.7. The largest absolute Gasteiger partial charge is 0.314 e. The first kappa shape index (κ1) is 12.6. The smallest absolute Gasteiger partial charge is 0.0235 e. The molecule has 19 heavy (non-hydrogen) atoms. The molecule has 3 unspecified atom stereocenters. The van der Waals surface area contributed by atoms with Crippen molar-refractivity contribution >= 4 is 0 Å². The number of likely N-dealkylation sites (tertiary alicyclic amines) is 2. The van der Waals surface area contributed by atoms with Crippen molar-refractivity contribution in [3.8, 4) is 0 Å². The lowest BCUT2D eigenvalue weighted by Gasteiger charge is -2.39. The molecule has 0 aromatic rings. The van der Waals surface area contributed by atoms with Crippen molar-refractivity contribution in [3.05, 3.63) is 0 Å². The Hall–Kier alpha value is -0.120. The van der Waals surface area contributed by atoms with Crippen LogP contribution in [0.3, 0.4) is 0 Å². The molecule has 3 saturated heterocycles. The molecule has 4 aliphatic rings. The lowest BCUT2D eigenvalue weighted by Crippen LogP contribution is -2.48. The lowest BCUT2D eigenvalue weighted by atomic mass is 9.89. The van der Waals surface area contributed by atoms with Crippen molar-refractivity contribution in [2.45, 2.75) is 63.1 Å². The molecule has 1 N–H and O–H groups in total. The molecule has 0 aromatic carbocycles. The van der Waals surface area contributed by atoms with E-state index in [0.717, 1.165) is 24.0 Å². The molecular formula is C16H29N3. The summed E-state index contributed by atoms with van der Waals surface area (Å²) in [6.07, 6.45) is 10.1. The highest BCUT2D eigenvalue weighted by molar-refractivity contribution is 4.95. The van der Waals surface area contributed by atoms with Crippen LogP contribution in [-0.4, -0.2) is 60.6 Å². The zero-order valence-electron chi connectivity index (χ0n) is 12.2. The zero-order valence-corrected chi connectivity index (χ0v) is 12.2. The van der Waals surface area contributed by atoms with Crippen LogP contribution in [0.25, 0.3) is 0 Å². The molecule has 108 valence electrons. The van der Waals surface area contributed by atoms with Crippen LogP contribution in [0.1, 0.15) is 44.9 Å². The summed E-state index contributed by atoms with van der Waals surface area (Å²) in [5.74, 6) is 0.936. The van der Waals surface area contributed by atoms with Gasteiger partial charge in [-0.15, -0.1) is 0 Å². The third kappa shape index (κ3) is 2.70. The van der Waals surface area contributed by atoms with Gasteiger partial charge in [-0.2, -0.15) is 0 Å². The van der Waals surface area contributed by atoms with Crippen molar-refractivity contribution in [3.63, 3.8) is 0 Å². The highest BCUT2D eigenvalue weighted by atomic mass is 15.3. The van der Waals surface area contributed by atoms with Crippen molar-refractivity contribution in [1.82, 2.24) is 15.1 Å². The van der Waals surface area contributed by atoms with Gasteiger partial charge in [0, 0.05) is 37.8 Å². The molecule has 1 aliphatic carbocycles. The molecule has 4 fully saturated rings. The second kappa shape index (κ2) is 5.34. The maximum absolute atomic E-state index is 3.74. The number of rotatable bonds is 3. The fraction of sp³-hybridized carbons (Fsp3) is 1.00. The van der Waals surface area contributed by atoms with Gasteiger partial charge < -0.3 is 5.32 Å². The third-order valence-electron chi connectivity index (χ3n) is 5.93. The van der Waals surface area contributed by atoms with E-state index >= 15 is 0 Å². The fourth-order valence-electron chi connectivity index (χ4n) is 4.65. The van der Waals surface area contributed by atoms with E-state index in [0.29, 0.717) is 0 Å². The molecule has 1 saturated carbocycles. The van der Waals surface area contributed by atoms with Crippen molar-refractivity contribution in [2.75, 3.05) is 32.7 Å². The van der Waals surface area contributed by atoms with Crippen LogP contribution in [0.5, 0.6) is 0 Å². The average molecular weight is 263 g/mol. The maximum atomic E-state index is 3.74. The summed E-state index contributed by atoms with van der Waals surface area (Å²) in [4.78, 5) is 5.61. The van der Waals surface area contributed by atoms with E-state index in [2.05, 4.69) is 15.1 Å². The highest BCUT2D eigenvalue weighted by Gasteiger charge is 2.38. The minimum atomic E-state index is 0.837. The Kier molecular flexibility index (Phi) is 3.55. The predicted molar refractivity (Wildman–Crippen MR) is 78.3 cm³/mol. The van der Waals surface area contributed by atoms with E-state index < -0.39 is 0 Å². The Morgan fingerprint density at radius 3 is 2.42 bits per heavy atom. The molecule has 3 atom stereocenters. The Balaban J connectivity index is 1.33. The first-order valence-electron chi connectivity index (χ1n) is 8.61. The topological polar surface area (TPSA) is 18.5 Å². The van der Waals surface area contributed by atoms with Crippen LogP contribution in [0.2, 0.25) is 0 Å². The fourth-order valence-corrected chi connectivity index (χ4v) is 4.65. The molecule has 3 heterocycles. The van der Waals surface area contributed by atoms with Gasteiger partial charge >= 0.3 is 0 Å². The van der Waals surface area contributed by atoms with Gasteiger partial charge in [-0.25, -0.2) is 0 Å². The number of piperidine rings is 1. The summed E-state index contributed by atoms with van der Waals surface area (Å²) < 4.78 is 0. The van der Waals surface area contributed by atoms with Crippen LogP contribution >= 0.6 is 0 Å². The summed E-state index contributed by atoms with van der Waals surface area (Å²) in [6.45, 7) is 6.75. The van der Waals surface area contributed by atoms with Gasteiger partial charge in [0.2, 0.25) is 0 Å². The van der Waals surface area contributed by atoms with Crippen LogP contribution in [-0.2, 0) is 0 Å². The predicted octanol–water partition coefficient (Wildman–Crippen LogP) is 1.69. The second-order valence-electron chi connectivity index (χ2n) is 7.27. The lowest BCUT2D eigenvalue weighted by molar-refractivity contribution is 0.108. The van der Waals surface area contributed by atoms with Crippen molar-refractivity contribution < 1.29 is 0 Å². The molecule has 3 heteroatoms. The van der Waals surface area contributed by atoms with Crippen molar-refractivity contribution in [1.29, 1.82) is 0 Å². The van der Waals surface area contributed by atoms with E-state index in [1.54, 1.807) is 0 Å². The van der Waals surface area contributed by atoms with Gasteiger partial charge in [0.25, 0.3) is 0 Å². The maximum Gasteiger partial charge on any atom is 0.0235 e. The van der Waals surface area contributed by atoms with Gasteiger partial charge in [-0.3, -0.25) is 9.80 Å². The highest BCUT2D eigenvalue weighted by Crippen LogP contribution is 2.33. The molecular weight excluding hydrogens is 234 g/mol. The molecule has 4 rings (SSSR count). The Labute approximate surface area is 117 Å². The molecule has 0 bridgehead atoms. The average Bonchev–Trinajstić information content (AvgIpc) is 2.97. The molecule has 0 spiro atoms. The summed E-state index contributed by atoms with van der Waals surface area (Å²) in [5.41, 5.74) is 0. The summed E-state index contributed by atoms with van der Waals surface area (Å²) >= 11 is 0. The van der Waals surface area contributed by atoms with Gasteiger partial charge in [-0.1, -0.05) is 0 Å². The second-order valence-corrected chi connectivity index (χ2v) is 7.27. The minimum absolute atomic E-state index is 0.837. The number of nitrogens with one attached hydrogen (secondary N) is 1. The molecule has 3 aliphatic heterocycles. The third-order valence-corrected chi connectivity index (χ3v) is 5.93. The van der Waals surface area contributed by atoms with Crippen LogP contribution in [0, 0.1) is 5.92 Å². The Morgan fingerprint density at radius 1 is 0.737 bits per heavy atom. The first-order chi connectivity index (χ1) is 9.40. The molecule has 0 amide bonds. The quantitative estimate of drug-likeness (QED) is 0.836. The number of hydrogen-bond donors (Lipinski definition) is 1. The molecule has 3 nitrogen and oxygen atoms in total. The van der Waals surface area contributed by atoms with E-state index in [1.165, 1.54) is 77.7 Å². The summed E-state index contributed by atoms with van der Waals surface area (Å²) in [5, 5.41) is 3.74. The summed E-state index contributed by atoms with van der Waals surface area (Å²) in [6, 6.07) is 2.69. The molecule has 0 radical (unpaired) electrons. The number of hydrogen-bond acceptors (Lipinski definition) is 3. The van der Waals surface area contributed by atoms with E-state index in [4.69, 9.17) is 0 Å². The normalized spacial score (nSPS) is 42.0. The first-order valence-corrected chi connectivity index (χ1v) is 8.61. The van der Waals surface area contributed by atoms with Gasteiger partial charge in [-0.05, 0) is 64.0 Å².